The summed E-state index contributed by atoms with van der Waals surface area (Å²) in [5, 5.41) is 3.41. The molecule has 0 aliphatic rings. The van der Waals surface area contributed by atoms with Gasteiger partial charge in [-0.25, -0.2) is 8.42 Å². The summed E-state index contributed by atoms with van der Waals surface area (Å²) < 4.78 is 27.3. The fourth-order valence-electron chi connectivity index (χ4n) is 3.40. The van der Waals surface area contributed by atoms with Crippen molar-refractivity contribution in [2.75, 3.05) is 18.4 Å². The number of carbonyl (C=O) groups is 1. The molecular formula is C22H25N3O4S. The summed E-state index contributed by atoms with van der Waals surface area (Å²) in [5.74, 6) is -0.475. The van der Waals surface area contributed by atoms with Crippen molar-refractivity contribution >= 4 is 32.5 Å². The van der Waals surface area contributed by atoms with E-state index in [1.54, 1.807) is 51.1 Å². The minimum Gasteiger partial charge on any atom is -0.322 e. The quantitative estimate of drug-likeness (QED) is 0.629. The molecule has 1 amide bonds. The lowest BCUT2D eigenvalue weighted by molar-refractivity contribution is 0.102. The van der Waals surface area contributed by atoms with Gasteiger partial charge in [-0.3, -0.25) is 9.59 Å². The normalized spacial score (nSPS) is 11.8. The van der Waals surface area contributed by atoms with Crippen LogP contribution in [0.5, 0.6) is 0 Å². The third-order valence-corrected chi connectivity index (χ3v) is 7.26. The zero-order valence-corrected chi connectivity index (χ0v) is 18.3. The largest absolute Gasteiger partial charge is 0.322 e. The summed E-state index contributed by atoms with van der Waals surface area (Å²) in [4.78, 5) is 27.8. The number of nitrogens with one attached hydrogen (secondary N) is 2. The van der Waals surface area contributed by atoms with Gasteiger partial charge in [-0.2, -0.15) is 4.31 Å². The van der Waals surface area contributed by atoms with E-state index in [0.717, 1.165) is 11.1 Å². The highest BCUT2D eigenvalue weighted by atomic mass is 32.2. The lowest BCUT2D eigenvalue weighted by Gasteiger charge is -2.20. The molecule has 0 atom stereocenters. The van der Waals surface area contributed by atoms with E-state index in [4.69, 9.17) is 0 Å². The lowest BCUT2D eigenvalue weighted by atomic mass is 10.1. The summed E-state index contributed by atoms with van der Waals surface area (Å²) in [6, 6.07) is 11.4. The molecule has 0 saturated heterocycles. The molecule has 8 heteroatoms. The van der Waals surface area contributed by atoms with Gasteiger partial charge in [0.2, 0.25) is 15.6 Å². The molecule has 0 aliphatic heterocycles. The first-order chi connectivity index (χ1) is 14.2. The van der Waals surface area contributed by atoms with E-state index in [9.17, 15) is 18.0 Å². The second-order valence-electron chi connectivity index (χ2n) is 7.05. The summed E-state index contributed by atoms with van der Waals surface area (Å²) >= 11 is 0. The van der Waals surface area contributed by atoms with Gasteiger partial charge in [-0.15, -0.1) is 0 Å². The number of anilines is 1. The number of aromatic amines is 1. The molecule has 2 aromatic carbocycles. The van der Waals surface area contributed by atoms with Crippen LogP contribution in [0.4, 0.5) is 5.69 Å². The molecule has 1 heterocycles. The maximum Gasteiger partial charge on any atom is 0.256 e. The Labute approximate surface area is 175 Å². The smallest absolute Gasteiger partial charge is 0.256 e. The van der Waals surface area contributed by atoms with Gasteiger partial charge in [0.1, 0.15) is 0 Å². The maximum absolute atomic E-state index is 13.0. The molecule has 0 radical (unpaired) electrons. The molecule has 7 nitrogen and oxygen atoms in total. The number of pyridine rings is 1. The average Bonchev–Trinajstić information content (AvgIpc) is 2.71. The van der Waals surface area contributed by atoms with E-state index < -0.39 is 15.9 Å². The zero-order chi connectivity index (χ0) is 22.1. The van der Waals surface area contributed by atoms with Crippen LogP contribution in [0.25, 0.3) is 10.9 Å². The van der Waals surface area contributed by atoms with Gasteiger partial charge < -0.3 is 10.3 Å². The summed E-state index contributed by atoms with van der Waals surface area (Å²) in [7, 11) is -3.68. The van der Waals surface area contributed by atoms with Crippen LogP contribution in [-0.2, 0) is 10.0 Å². The fraction of sp³-hybridized carbons (Fsp3) is 0.273. The number of rotatable bonds is 6. The number of aromatic nitrogens is 1. The molecule has 2 N–H and O–H groups in total. The van der Waals surface area contributed by atoms with Crippen molar-refractivity contribution in [1.29, 1.82) is 0 Å². The molecule has 0 saturated carbocycles. The summed E-state index contributed by atoms with van der Waals surface area (Å²) in [6.07, 6.45) is 0. The first-order valence-electron chi connectivity index (χ1n) is 9.73. The van der Waals surface area contributed by atoms with E-state index in [-0.39, 0.29) is 16.0 Å². The molecule has 3 aromatic rings. The lowest BCUT2D eigenvalue weighted by Crippen LogP contribution is -2.30. The summed E-state index contributed by atoms with van der Waals surface area (Å²) in [5.41, 5.74) is 2.30. The molecule has 0 fully saturated rings. The van der Waals surface area contributed by atoms with Gasteiger partial charge in [0.15, 0.2) is 0 Å². The highest BCUT2D eigenvalue weighted by molar-refractivity contribution is 7.89. The van der Waals surface area contributed by atoms with E-state index in [2.05, 4.69) is 10.3 Å². The minimum atomic E-state index is -3.68. The predicted octanol–water partition coefficient (Wildman–Crippen LogP) is 3.43. The van der Waals surface area contributed by atoms with Crippen LogP contribution in [0.3, 0.4) is 0 Å². The van der Waals surface area contributed by atoms with Crippen LogP contribution in [-0.4, -0.2) is 36.7 Å². The van der Waals surface area contributed by atoms with E-state index in [1.807, 2.05) is 6.92 Å². The number of hydrogen-bond donors (Lipinski definition) is 2. The highest BCUT2D eigenvalue weighted by Crippen LogP contribution is 2.27. The van der Waals surface area contributed by atoms with Crippen LogP contribution < -0.4 is 10.9 Å². The first kappa shape index (κ1) is 21.7. The Morgan fingerprint density at radius 3 is 2.40 bits per heavy atom. The molecule has 3 rings (SSSR count). The monoisotopic (exact) mass is 427 g/mol. The second-order valence-corrected chi connectivity index (χ2v) is 8.99. The molecule has 0 bridgehead atoms. The van der Waals surface area contributed by atoms with Crippen molar-refractivity contribution < 1.29 is 13.2 Å². The summed E-state index contributed by atoms with van der Waals surface area (Å²) in [6.45, 7) is 7.88. The van der Waals surface area contributed by atoms with Crippen LogP contribution in [0, 0.1) is 13.8 Å². The Bertz CT molecular complexity index is 1280. The van der Waals surface area contributed by atoms with Crippen molar-refractivity contribution in [3.63, 3.8) is 0 Å². The molecular weight excluding hydrogens is 402 g/mol. The third-order valence-electron chi connectivity index (χ3n) is 5.23. The van der Waals surface area contributed by atoms with E-state index in [0.29, 0.717) is 29.7 Å². The van der Waals surface area contributed by atoms with Gasteiger partial charge in [0.05, 0.1) is 10.5 Å². The van der Waals surface area contributed by atoms with Crippen molar-refractivity contribution in [3.05, 3.63) is 69.5 Å². The Kier molecular flexibility index (Phi) is 6.09. The van der Waals surface area contributed by atoms with Crippen molar-refractivity contribution in [1.82, 2.24) is 9.29 Å². The number of carbonyl (C=O) groups excluding carboxylic acids is 1. The number of nitrogens with zero attached hydrogens (tertiary/aromatic N) is 1. The van der Waals surface area contributed by atoms with Crippen molar-refractivity contribution in [2.45, 2.75) is 32.6 Å². The predicted molar refractivity (Wildman–Crippen MR) is 119 cm³/mol. The van der Waals surface area contributed by atoms with Crippen LogP contribution >= 0.6 is 0 Å². The van der Waals surface area contributed by atoms with E-state index in [1.165, 1.54) is 16.4 Å². The van der Waals surface area contributed by atoms with Crippen LogP contribution in [0.15, 0.2) is 52.2 Å². The molecule has 1 aromatic heterocycles. The second kappa shape index (κ2) is 8.41. The Morgan fingerprint density at radius 2 is 1.73 bits per heavy atom. The number of benzene rings is 2. The molecule has 0 unspecified atom stereocenters. The number of fused-ring (bicyclic) bond motifs is 1. The third kappa shape index (κ3) is 4.01. The Morgan fingerprint density at radius 1 is 1.07 bits per heavy atom. The molecule has 158 valence electrons. The number of H-pyrrole nitrogens is 1. The number of para-hydroxylation sites is 1. The van der Waals surface area contributed by atoms with E-state index >= 15 is 0 Å². The molecule has 0 spiro atoms. The zero-order valence-electron chi connectivity index (χ0n) is 17.4. The SMILES string of the molecule is CCN(CC)S(=O)(=O)c1cc(C)c(C)c(NC(=O)c2cc(=O)[nH]c3ccccc23)c1. The standard InChI is InChI=1S/C22H25N3O4S/c1-5-25(6-2)30(28,29)16-11-14(3)15(4)20(12-16)24-22(27)18-13-21(26)23-19-10-8-7-9-17(18)19/h7-13H,5-6H2,1-4H3,(H,23,26)(H,24,27). The minimum absolute atomic E-state index is 0.125. The molecule has 30 heavy (non-hydrogen) atoms. The highest BCUT2D eigenvalue weighted by Gasteiger charge is 2.24. The maximum atomic E-state index is 13.0. The molecule has 0 aliphatic carbocycles. The van der Waals surface area contributed by atoms with Gasteiger partial charge >= 0.3 is 0 Å². The number of amides is 1. The number of aryl methyl sites for hydroxylation is 1. The number of hydrogen-bond acceptors (Lipinski definition) is 4. The Hall–Kier alpha value is -2.97. The van der Waals surface area contributed by atoms with Gasteiger partial charge in [-0.1, -0.05) is 32.0 Å². The van der Waals surface area contributed by atoms with Crippen molar-refractivity contribution in [2.24, 2.45) is 0 Å². The first-order valence-corrected chi connectivity index (χ1v) is 11.2. The Balaban J connectivity index is 2.07. The fourth-order valence-corrected chi connectivity index (χ4v) is 4.97. The van der Waals surface area contributed by atoms with Gasteiger partial charge in [0, 0.05) is 35.7 Å². The topological polar surface area (TPSA) is 99.3 Å². The number of sulfonamides is 1. The van der Waals surface area contributed by atoms with Crippen molar-refractivity contribution in [3.8, 4) is 0 Å². The van der Waals surface area contributed by atoms with Crippen LogP contribution in [0.1, 0.15) is 35.3 Å². The van der Waals surface area contributed by atoms with Gasteiger partial charge in [-0.05, 0) is 43.2 Å². The van der Waals surface area contributed by atoms with Crippen LogP contribution in [0.2, 0.25) is 0 Å². The average molecular weight is 428 g/mol. The van der Waals surface area contributed by atoms with Gasteiger partial charge in [0.25, 0.3) is 5.91 Å².